The summed E-state index contributed by atoms with van der Waals surface area (Å²) in [6.45, 7) is 13.9. The Morgan fingerprint density at radius 2 is 2.07 bits per heavy atom. The highest BCUT2D eigenvalue weighted by atomic mass is 15.2. The molecule has 1 nitrogen and oxygen atoms in total. The van der Waals surface area contributed by atoms with Crippen LogP contribution in [0.25, 0.3) is 0 Å². The van der Waals surface area contributed by atoms with Gasteiger partial charge in [0.05, 0.1) is 0 Å². The Balaban J connectivity index is 2.15. The molecule has 0 unspecified atom stereocenters. The van der Waals surface area contributed by atoms with Gasteiger partial charge in [-0.1, -0.05) is 19.1 Å². The minimum atomic E-state index is 0.458. The number of piperidine rings is 2. The first-order valence-corrected chi connectivity index (χ1v) is 6.44. The van der Waals surface area contributed by atoms with E-state index >= 15 is 0 Å². The third kappa shape index (κ3) is 1.87. The highest BCUT2D eigenvalue weighted by molar-refractivity contribution is 5.07. The number of fused-ring (bicyclic) bond motifs is 1. The lowest BCUT2D eigenvalue weighted by Gasteiger charge is -2.54. The minimum Gasteiger partial charge on any atom is -0.298 e. The predicted molar refractivity (Wildman–Crippen MR) is 65.9 cm³/mol. The highest BCUT2D eigenvalue weighted by Gasteiger charge is 2.44. The molecule has 15 heavy (non-hydrogen) atoms. The van der Waals surface area contributed by atoms with E-state index in [-0.39, 0.29) is 0 Å². The van der Waals surface area contributed by atoms with Gasteiger partial charge in [-0.05, 0) is 64.5 Å². The molecule has 0 radical (unpaired) electrons. The molecule has 0 aromatic carbocycles. The van der Waals surface area contributed by atoms with E-state index in [1.54, 1.807) is 0 Å². The first-order valence-electron chi connectivity index (χ1n) is 6.44. The number of hydrogen-bond donors (Lipinski definition) is 0. The second-order valence-electron chi connectivity index (χ2n) is 5.92. The van der Waals surface area contributed by atoms with Crippen molar-refractivity contribution in [2.24, 2.45) is 11.8 Å². The quantitative estimate of drug-likeness (QED) is 0.595. The van der Waals surface area contributed by atoms with Crippen molar-refractivity contribution in [2.75, 3.05) is 13.1 Å². The van der Waals surface area contributed by atoms with Crippen LogP contribution in [0.5, 0.6) is 0 Å². The first kappa shape index (κ1) is 11.2. The van der Waals surface area contributed by atoms with Gasteiger partial charge < -0.3 is 0 Å². The molecule has 0 N–H and O–H groups in total. The topological polar surface area (TPSA) is 3.24 Å². The number of allylic oxidation sites excluding steroid dienone is 1. The van der Waals surface area contributed by atoms with Crippen LogP contribution in [0.1, 0.15) is 46.5 Å². The summed E-state index contributed by atoms with van der Waals surface area (Å²) in [6, 6.07) is 0. The summed E-state index contributed by atoms with van der Waals surface area (Å²) in [6.07, 6.45) is 5.48. The van der Waals surface area contributed by atoms with Crippen molar-refractivity contribution < 1.29 is 0 Å². The van der Waals surface area contributed by atoms with Gasteiger partial charge >= 0.3 is 0 Å². The van der Waals surface area contributed by atoms with E-state index in [0.29, 0.717) is 5.54 Å². The fraction of sp³-hybridized carbons (Fsp3) is 0.857. The van der Waals surface area contributed by atoms with Crippen molar-refractivity contribution in [2.45, 2.75) is 52.0 Å². The van der Waals surface area contributed by atoms with Gasteiger partial charge in [0.25, 0.3) is 0 Å². The number of hydrogen-bond acceptors (Lipinski definition) is 1. The van der Waals surface area contributed by atoms with E-state index in [1.807, 2.05) is 0 Å². The summed E-state index contributed by atoms with van der Waals surface area (Å²) in [5.74, 6) is 1.63. The van der Waals surface area contributed by atoms with E-state index in [0.717, 1.165) is 11.8 Å². The Kier molecular flexibility index (Phi) is 2.94. The third-order valence-corrected chi connectivity index (χ3v) is 4.95. The maximum absolute atomic E-state index is 4.15. The van der Waals surface area contributed by atoms with Crippen LogP contribution < -0.4 is 0 Å². The van der Waals surface area contributed by atoms with E-state index in [4.69, 9.17) is 0 Å². The van der Waals surface area contributed by atoms with Crippen molar-refractivity contribution >= 4 is 0 Å². The molecule has 2 fully saturated rings. The lowest BCUT2D eigenvalue weighted by molar-refractivity contribution is -0.0292. The average molecular weight is 207 g/mol. The SMILES string of the molecule is C=C(C)[C@H]1CCN2CCC[C@H](C)[C@@]2(C)C1. The molecule has 3 atom stereocenters. The molecular formula is C14H25N. The van der Waals surface area contributed by atoms with Gasteiger partial charge in [-0.2, -0.15) is 0 Å². The molecule has 0 bridgehead atoms. The van der Waals surface area contributed by atoms with Crippen molar-refractivity contribution in [1.29, 1.82) is 0 Å². The number of nitrogens with zero attached hydrogens (tertiary/aromatic N) is 1. The van der Waals surface area contributed by atoms with E-state index in [9.17, 15) is 0 Å². The zero-order chi connectivity index (χ0) is 11.1. The summed E-state index contributed by atoms with van der Waals surface area (Å²) in [5.41, 5.74) is 1.86. The Hall–Kier alpha value is -0.300. The zero-order valence-electron chi connectivity index (χ0n) is 10.6. The standard InChI is InChI=1S/C14H25N/c1-11(2)13-7-9-15-8-5-6-12(3)14(15,4)10-13/h12-13H,1,5-10H2,2-4H3/t12-,13-,14+/m0/s1. The molecule has 86 valence electrons. The van der Waals surface area contributed by atoms with Crippen LogP contribution in [0.15, 0.2) is 12.2 Å². The van der Waals surface area contributed by atoms with E-state index in [2.05, 4.69) is 32.3 Å². The summed E-state index contributed by atoms with van der Waals surface area (Å²) in [4.78, 5) is 2.74. The number of rotatable bonds is 1. The van der Waals surface area contributed by atoms with Gasteiger partial charge in [0.15, 0.2) is 0 Å². The first-order chi connectivity index (χ1) is 7.04. The smallest absolute Gasteiger partial charge is 0.0212 e. The fourth-order valence-corrected chi connectivity index (χ4v) is 3.50. The Labute approximate surface area is 94.5 Å². The molecule has 1 heteroatoms. The van der Waals surface area contributed by atoms with Gasteiger partial charge in [0.1, 0.15) is 0 Å². The lowest BCUT2D eigenvalue weighted by Crippen LogP contribution is -2.58. The normalized spacial score (nSPS) is 42.3. The highest BCUT2D eigenvalue weighted by Crippen LogP contribution is 2.43. The largest absolute Gasteiger partial charge is 0.298 e. The minimum absolute atomic E-state index is 0.458. The molecule has 2 aliphatic heterocycles. The van der Waals surface area contributed by atoms with Crippen molar-refractivity contribution in [1.82, 2.24) is 4.90 Å². The van der Waals surface area contributed by atoms with Crippen LogP contribution >= 0.6 is 0 Å². The van der Waals surface area contributed by atoms with Crippen LogP contribution in [0.2, 0.25) is 0 Å². The van der Waals surface area contributed by atoms with Crippen molar-refractivity contribution in [3.8, 4) is 0 Å². The third-order valence-electron chi connectivity index (χ3n) is 4.95. The monoisotopic (exact) mass is 207 g/mol. The molecule has 2 rings (SSSR count). The fourth-order valence-electron chi connectivity index (χ4n) is 3.50. The summed E-state index contributed by atoms with van der Waals surface area (Å²) < 4.78 is 0. The Bertz CT molecular complexity index is 258. The molecule has 0 aromatic rings. The average Bonchev–Trinajstić information content (AvgIpc) is 2.19. The van der Waals surface area contributed by atoms with Crippen molar-refractivity contribution in [3.05, 3.63) is 12.2 Å². The predicted octanol–water partition coefficient (Wildman–Crippen LogP) is 3.46. The summed E-state index contributed by atoms with van der Waals surface area (Å²) >= 11 is 0. The molecule has 0 spiro atoms. The molecule has 0 aromatic heterocycles. The molecule has 0 amide bonds. The van der Waals surface area contributed by atoms with Gasteiger partial charge in [0, 0.05) is 5.54 Å². The van der Waals surface area contributed by atoms with Gasteiger partial charge in [-0.3, -0.25) is 4.90 Å². The van der Waals surface area contributed by atoms with Crippen LogP contribution in [-0.2, 0) is 0 Å². The van der Waals surface area contributed by atoms with Gasteiger partial charge in [-0.15, -0.1) is 0 Å². The van der Waals surface area contributed by atoms with E-state index < -0.39 is 0 Å². The Morgan fingerprint density at radius 3 is 2.73 bits per heavy atom. The second kappa shape index (κ2) is 3.93. The van der Waals surface area contributed by atoms with Crippen LogP contribution in [0.3, 0.4) is 0 Å². The second-order valence-corrected chi connectivity index (χ2v) is 5.92. The van der Waals surface area contributed by atoms with Crippen LogP contribution in [-0.4, -0.2) is 23.5 Å². The molecule has 2 heterocycles. The summed E-state index contributed by atoms with van der Waals surface area (Å²) in [7, 11) is 0. The van der Waals surface area contributed by atoms with Crippen LogP contribution in [0.4, 0.5) is 0 Å². The Morgan fingerprint density at radius 1 is 1.33 bits per heavy atom. The summed E-state index contributed by atoms with van der Waals surface area (Å²) in [5, 5.41) is 0. The lowest BCUT2D eigenvalue weighted by atomic mass is 9.69. The molecule has 2 aliphatic rings. The molecule has 0 aliphatic carbocycles. The molecule has 2 saturated heterocycles. The molecule has 0 saturated carbocycles. The van der Waals surface area contributed by atoms with E-state index in [1.165, 1.54) is 44.3 Å². The maximum atomic E-state index is 4.15. The van der Waals surface area contributed by atoms with Crippen molar-refractivity contribution in [3.63, 3.8) is 0 Å². The maximum Gasteiger partial charge on any atom is 0.0212 e. The van der Waals surface area contributed by atoms with Crippen LogP contribution in [0, 0.1) is 11.8 Å². The zero-order valence-corrected chi connectivity index (χ0v) is 10.6. The van der Waals surface area contributed by atoms with Gasteiger partial charge in [-0.25, -0.2) is 0 Å². The molecular weight excluding hydrogens is 182 g/mol. The van der Waals surface area contributed by atoms with Gasteiger partial charge in [0.2, 0.25) is 0 Å².